The van der Waals surface area contributed by atoms with Crippen LogP contribution in [0, 0.1) is 28.6 Å². The van der Waals surface area contributed by atoms with E-state index < -0.39 is 0 Å². The molecule has 62 valence electrons. The smallest absolute Gasteiger partial charge is 0.0207 e. The number of hydrogen-bond acceptors (Lipinski definition) is 0. The summed E-state index contributed by atoms with van der Waals surface area (Å²) in [6, 6.07) is 0. The Kier molecular flexibility index (Phi) is 0.832. The van der Waals surface area contributed by atoms with E-state index in [1.165, 1.54) is 6.42 Å². The van der Waals surface area contributed by atoms with Crippen LogP contribution in [-0.2, 0) is 0 Å². The minimum atomic E-state index is 0.775. The van der Waals surface area contributed by atoms with Crippen LogP contribution in [0.3, 0.4) is 0 Å². The fourth-order valence-corrected chi connectivity index (χ4v) is 5.09. The molecule has 2 bridgehead atoms. The molecule has 4 aliphatic rings. The van der Waals surface area contributed by atoms with Gasteiger partial charge < -0.3 is 0 Å². The van der Waals surface area contributed by atoms with Gasteiger partial charge in [-0.25, -0.2) is 0 Å². The normalized spacial score (nSPS) is 71.7. The molecular weight excluding hydrogens is 132 g/mol. The second-order valence-corrected chi connectivity index (χ2v) is 5.54. The van der Waals surface area contributed by atoms with Crippen LogP contribution in [-0.4, -0.2) is 0 Å². The molecule has 1 spiro atoms. The van der Waals surface area contributed by atoms with Crippen molar-refractivity contribution in [1.82, 2.24) is 0 Å². The van der Waals surface area contributed by atoms with Crippen molar-refractivity contribution in [3.8, 4) is 0 Å². The molecule has 0 N–H and O–H groups in total. The van der Waals surface area contributed by atoms with Crippen LogP contribution >= 0.6 is 0 Å². The molecule has 0 aromatic carbocycles. The minimum Gasteiger partial charge on any atom is -0.0619 e. The van der Waals surface area contributed by atoms with E-state index in [-0.39, 0.29) is 0 Å². The second-order valence-electron chi connectivity index (χ2n) is 5.54. The third-order valence-corrected chi connectivity index (χ3v) is 5.77. The lowest BCUT2D eigenvalue weighted by molar-refractivity contribution is -0.203. The Morgan fingerprint density at radius 1 is 1.27 bits per heavy atom. The summed E-state index contributed by atoms with van der Waals surface area (Å²) in [4.78, 5) is 0. The van der Waals surface area contributed by atoms with Gasteiger partial charge in [-0.05, 0) is 47.8 Å². The third kappa shape index (κ3) is 0.381. The molecule has 5 atom stereocenters. The molecule has 0 heterocycles. The molecule has 0 aliphatic heterocycles. The van der Waals surface area contributed by atoms with Gasteiger partial charge in [0.05, 0.1) is 0 Å². The first-order valence-corrected chi connectivity index (χ1v) is 5.12. The first-order valence-electron chi connectivity index (χ1n) is 5.12. The summed E-state index contributed by atoms with van der Waals surface area (Å²) >= 11 is 0. The molecule has 4 saturated carbocycles. The van der Waals surface area contributed by atoms with Crippen molar-refractivity contribution >= 4 is 0 Å². The number of hydrogen-bond donors (Lipinski definition) is 0. The maximum atomic E-state index is 2.53. The van der Waals surface area contributed by atoms with E-state index in [0.717, 1.165) is 28.6 Å². The largest absolute Gasteiger partial charge is 0.0619 e. The topological polar surface area (TPSA) is 0 Å². The Hall–Kier alpha value is 0. The highest BCUT2D eigenvalue weighted by atomic mass is 14.8. The maximum Gasteiger partial charge on any atom is -0.0207 e. The van der Waals surface area contributed by atoms with E-state index in [2.05, 4.69) is 20.8 Å². The van der Waals surface area contributed by atoms with Crippen molar-refractivity contribution in [3.63, 3.8) is 0 Å². The molecule has 0 heteroatoms. The van der Waals surface area contributed by atoms with Crippen LogP contribution in [0.25, 0.3) is 0 Å². The molecule has 5 unspecified atom stereocenters. The summed E-state index contributed by atoms with van der Waals surface area (Å²) in [5.74, 6) is 3.23. The molecule has 4 aliphatic carbocycles. The Labute approximate surface area is 69.4 Å². The predicted molar refractivity (Wildman–Crippen MR) is 46.2 cm³/mol. The van der Waals surface area contributed by atoms with Crippen LogP contribution < -0.4 is 0 Å². The molecule has 11 heavy (non-hydrogen) atoms. The Morgan fingerprint density at radius 3 is 2.18 bits per heavy atom. The zero-order valence-electron chi connectivity index (χ0n) is 7.85. The van der Waals surface area contributed by atoms with Crippen LogP contribution in [0.2, 0.25) is 0 Å². The molecule has 0 aromatic heterocycles. The van der Waals surface area contributed by atoms with Crippen molar-refractivity contribution in [1.29, 1.82) is 0 Å². The zero-order chi connectivity index (χ0) is 7.85. The lowest BCUT2D eigenvalue weighted by Gasteiger charge is -2.68. The first kappa shape index (κ1) is 6.51. The van der Waals surface area contributed by atoms with Gasteiger partial charge in [-0.15, -0.1) is 0 Å². The van der Waals surface area contributed by atoms with Crippen molar-refractivity contribution in [2.24, 2.45) is 28.6 Å². The van der Waals surface area contributed by atoms with Crippen LogP contribution in [0.4, 0.5) is 0 Å². The highest BCUT2D eigenvalue weighted by Crippen LogP contribution is 2.84. The van der Waals surface area contributed by atoms with Gasteiger partial charge in [-0.1, -0.05) is 20.8 Å². The maximum absolute atomic E-state index is 2.53. The summed E-state index contributed by atoms with van der Waals surface area (Å²) < 4.78 is 0. The molecule has 0 saturated heterocycles. The van der Waals surface area contributed by atoms with E-state index in [9.17, 15) is 0 Å². The van der Waals surface area contributed by atoms with Gasteiger partial charge in [0.15, 0.2) is 0 Å². The van der Waals surface area contributed by atoms with Crippen molar-refractivity contribution in [2.45, 2.75) is 40.0 Å². The fourth-order valence-electron chi connectivity index (χ4n) is 5.09. The predicted octanol–water partition coefficient (Wildman–Crippen LogP) is 3.08. The quantitative estimate of drug-likeness (QED) is 0.498. The zero-order valence-corrected chi connectivity index (χ0v) is 7.85. The molecule has 0 amide bonds. The average Bonchev–Trinajstić information content (AvgIpc) is 2.10. The summed E-state index contributed by atoms with van der Waals surface area (Å²) in [5.41, 5.74) is 1.63. The summed E-state index contributed by atoms with van der Waals surface area (Å²) in [6.45, 7) is 7.52. The molecule has 0 radical (unpaired) electrons. The van der Waals surface area contributed by atoms with Gasteiger partial charge >= 0.3 is 0 Å². The lowest BCUT2D eigenvalue weighted by Crippen LogP contribution is -2.62. The monoisotopic (exact) mass is 150 g/mol. The van der Waals surface area contributed by atoms with Crippen LogP contribution in [0.1, 0.15) is 40.0 Å². The van der Waals surface area contributed by atoms with Gasteiger partial charge in [-0.2, -0.15) is 0 Å². The fraction of sp³-hybridized carbons (Fsp3) is 1.00. The SMILES string of the molecule is CC1CC2(C)C(C)C13CCC23. The van der Waals surface area contributed by atoms with E-state index in [0.29, 0.717) is 0 Å². The van der Waals surface area contributed by atoms with Gasteiger partial charge in [0.2, 0.25) is 0 Å². The Morgan fingerprint density at radius 2 is 2.00 bits per heavy atom. The van der Waals surface area contributed by atoms with Gasteiger partial charge in [-0.3, -0.25) is 0 Å². The molecule has 4 fully saturated rings. The van der Waals surface area contributed by atoms with Gasteiger partial charge in [0.1, 0.15) is 0 Å². The summed E-state index contributed by atoms with van der Waals surface area (Å²) in [6.07, 6.45) is 4.62. The van der Waals surface area contributed by atoms with Crippen molar-refractivity contribution in [2.75, 3.05) is 0 Å². The van der Waals surface area contributed by atoms with E-state index in [1.54, 1.807) is 12.8 Å². The van der Waals surface area contributed by atoms with E-state index >= 15 is 0 Å². The average molecular weight is 150 g/mol. The second kappa shape index (κ2) is 1.41. The van der Waals surface area contributed by atoms with Gasteiger partial charge in [0, 0.05) is 0 Å². The van der Waals surface area contributed by atoms with Gasteiger partial charge in [0.25, 0.3) is 0 Å². The lowest BCUT2D eigenvalue weighted by atomic mass is 9.36. The molecule has 0 nitrogen and oxygen atoms in total. The number of fused-ring (bicyclic) bond motifs is 1. The highest BCUT2D eigenvalue weighted by Gasteiger charge is 2.77. The van der Waals surface area contributed by atoms with E-state index in [1.807, 2.05) is 0 Å². The number of rotatable bonds is 0. The Balaban J connectivity index is 2.08. The molecule has 0 aromatic rings. The van der Waals surface area contributed by atoms with E-state index in [4.69, 9.17) is 0 Å². The Bertz CT molecular complexity index is 210. The highest BCUT2D eigenvalue weighted by molar-refractivity contribution is 5.25. The first-order chi connectivity index (χ1) is 5.12. The third-order valence-electron chi connectivity index (χ3n) is 5.77. The standard InChI is InChI=1S/C11H18/c1-7-6-10(3)8(2)11(7)5-4-9(10)11/h7-9H,4-6H2,1-3H3. The molecule has 4 rings (SSSR count). The van der Waals surface area contributed by atoms with Crippen molar-refractivity contribution in [3.05, 3.63) is 0 Å². The summed E-state index contributed by atoms with van der Waals surface area (Å²) in [5, 5.41) is 0. The van der Waals surface area contributed by atoms with Crippen LogP contribution in [0.15, 0.2) is 0 Å². The minimum absolute atomic E-state index is 0.775. The van der Waals surface area contributed by atoms with Crippen LogP contribution in [0.5, 0.6) is 0 Å². The summed E-state index contributed by atoms with van der Waals surface area (Å²) in [7, 11) is 0. The van der Waals surface area contributed by atoms with Crippen molar-refractivity contribution < 1.29 is 0 Å². The molecular formula is C11H18.